The van der Waals surface area contributed by atoms with Gasteiger partial charge in [0.2, 0.25) is 5.91 Å². The summed E-state index contributed by atoms with van der Waals surface area (Å²) in [5, 5.41) is 3.90. The number of hydrogen-bond acceptors (Lipinski definition) is 1. The molecule has 0 aliphatic carbocycles. The molecule has 84 valence electrons. The minimum absolute atomic E-state index is 0.111. The van der Waals surface area contributed by atoms with Gasteiger partial charge in [-0.25, -0.2) is 0 Å². The maximum absolute atomic E-state index is 11.1. The van der Waals surface area contributed by atoms with Crippen LogP contribution in [0.25, 0.3) is 10.9 Å². The first-order valence-corrected chi connectivity index (χ1v) is 5.57. The highest BCUT2D eigenvalue weighted by atomic mass is 16.1. The van der Waals surface area contributed by atoms with Crippen LogP contribution in [0.1, 0.15) is 18.4 Å². The molecular weight excluding hydrogens is 200 g/mol. The highest BCUT2D eigenvalue weighted by Crippen LogP contribution is 2.19. The number of nitrogens with one attached hydrogen (secondary N) is 2. The van der Waals surface area contributed by atoms with Crippen LogP contribution < -0.4 is 5.32 Å². The summed E-state index contributed by atoms with van der Waals surface area (Å²) in [4.78, 5) is 14.3. The molecule has 0 atom stereocenters. The maximum atomic E-state index is 11.1. The Morgan fingerprint density at radius 1 is 1.38 bits per heavy atom. The first kappa shape index (κ1) is 10.7. The van der Waals surface area contributed by atoms with E-state index in [1.54, 1.807) is 7.05 Å². The van der Waals surface area contributed by atoms with Crippen LogP contribution in [0.3, 0.4) is 0 Å². The normalized spacial score (nSPS) is 10.6. The van der Waals surface area contributed by atoms with E-state index >= 15 is 0 Å². The summed E-state index contributed by atoms with van der Waals surface area (Å²) in [5.41, 5.74) is 2.46. The molecule has 0 saturated carbocycles. The Kier molecular flexibility index (Phi) is 3.25. The third-order valence-electron chi connectivity index (χ3n) is 2.80. The quantitative estimate of drug-likeness (QED) is 0.808. The van der Waals surface area contributed by atoms with Crippen molar-refractivity contribution in [1.29, 1.82) is 0 Å². The van der Waals surface area contributed by atoms with E-state index in [2.05, 4.69) is 22.4 Å². The lowest BCUT2D eigenvalue weighted by molar-refractivity contribution is -0.120. The standard InChI is InChI=1S/C13H16N2O/c1-14-13(16)8-4-5-10-9-15-12-7-3-2-6-11(10)12/h2-3,6-7,9,15H,4-5,8H2,1H3,(H,14,16). The summed E-state index contributed by atoms with van der Waals surface area (Å²) >= 11 is 0. The van der Waals surface area contributed by atoms with E-state index in [1.165, 1.54) is 10.9 Å². The van der Waals surface area contributed by atoms with E-state index in [4.69, 9.17) is 0 Å². The summed E-state index contributed by atoms with van der Waals surface area (Å²) in [6.07, 6.45) is 4.46. The highest BCUT2D eigenvalue weighted by molar-refractivity contribution is 5.83. The number of aromatic nitrogens is 1. The monoisotopic (exact) mass is 216 g/mol. The van der Waals surface area contributed by atoms with Gasteiger partial charge < -0.3 is 10.3 Å². The van der Waals surface area contributed by atoms with Crippen molar-refractivity contribution >= 4 is 16.8 Å². The van der Waals surface area contributed by atoms with E-state index < -0.39 is 0 Å². The van der Waals surface area contributed by atoms with Gasteiger partial charge in [-0.15, -0.1) is 0 Å². The molecule has 0 spiro atoms. The predicted molar refractivity (Wildman–Crippen MR) is 65.3 cm³/mol. The second-order valence-electron chi connectivity index (χ2n) is 3.89. The number of fused-ring (bicyclic) bond motifs is 1. The Morgan fingerprint density at radius 3 is 3.00 bits per heavy atom. The SMILES string of the molecule is CNC(=O)CCCc1c[nH]c2ccccc12. The van der Waals surface area contributed by atoms with Gasteiger partial charge in [0.25, 0.3) is 0 Å². The number of benzene rings is 1. The van der Waals surface area contributed by atoms with E-state index in [-0.39, 0.29) is 5.91 Å². The molecule has 16 heavy (non-hydrogen) atoms. The average molecular weight is 216 g/mol. The van der Waals surface area contributed by atoms with Crippen molar-refractivity contribution in [2.45, 2.75) is 19.3 Å². The van der Waals surface area contributed by atoms with Crippen LogP contribution in [0.2, 0.25) is 0 Å². The van der Waals surface area contributed by atoms with E-state index in [0.29, 0.717) is 6.42 Å². The van der Waals surface area contributed by atoms with Crippen molar-refractivity contribution in [1.82, 2.24) is 10.3 Å². The van der Waals surface area contributed by atoms with Crippen molar-refractivity contribution in [3.05, 3.63) is 36.0 Å². The van der Waals surface area contributed by atoms with E-state index in [9.17, 15) is 4.79 Å². The number of amides is 1. The molecule has 0 radical (unpaired) electrons. The summed E-state index contributed by atoms with van der Waals surface area (Å²) in [7, 11) is 1.67. The minimum atomic E-state index is 0.111. The van der Waals surface area contributed by atoms with Gasteiger partial charge in [0.05, 0.1) is 0 Å². The van der Waals surface area contributed by atoms with Crippen LogP contribution >= 0.6 is 0 Å². The molecule has 0 saturated heterocycles. The molecule has 2 aromatic rings. The molecule has 1 amide bonds. The lowest BCUT2D eigenvalue weighted by Crippen LogP contribution is -2.17. The largest absolute Gasteiger partial charge is 0.361 e. The molecule has 0 bridgehead atoms. The number of aryl methyl sites for hydroxylation is 1. The van der Waals surface area contributed by atoms with Crippen LogP contribution in [0.5, 0.6) is 0 Å². The Balaban J connectivity index is 2.02. The minimum Gasteiger partial charge on any atom is -0.361 e. The third kappa shape index (κ3) is 2.24. The van der Waals surface area contributed by atoms with Crippen molar-refractivity contribution in [3.63, 3.8) is 0 Å². The molecule has 0 aliphatic heterocycles. The van der Waals surface area contributed by atoms with E-state index in [0.717, 1.165) is 18.4 Å². The summed E-state index contributed by atoms with van der Waals surface area (Å²) < 4.78 is 0. The topological polar surface area (TPSA) is 44.9 Å². The maximum Gasteiger partial charge on any atom is 0.219 e. The van der Waals surface area contributed by atoms with Gasteiger partial charge in [0, 0.05) is 30.6 Å². The Morgan fingerprint density at radius 2 is 2.19 bits per heavy atom. The van der Waals surface area contributed by atoms with Crippen LogP contribution in [-0.4, -0.2) is 17.9 Å². The number of rotatable bonds is 4. The molecular formula is C13H16N2O. The first-order chi connectivity index (χ1) is 7.81. The second kappa shape index (κ2) is 4.84. The zero-order valence-electron chi connectivity index (χ0n) is 9.42. The average Bonchev–Trinajstić information content (AvgIpc) is 2.73. The van der Waals surface area contributed by atoms with E-state index in [1.807, 2.05) is 18.3 Å². The van der Waals surface area contributed by atoms with Crippen LogP contribution in [0.4, 0.5) is 0 Å². The number of carbonyl (C=O) groups is 1. The first-order valence-electron chi connectivity index (χ1n) is 5.57. The van der Waals surface area contributed by atoms with Gasteiger partial charge in [0.15, 0.2) is 0 Å². The third-order valence-corrected chi connectivity index (χ3v) is 2.80. The van der Waals surface area contributed by atoms with Gasteiger partial charge in [0.1, 0.15) is 0 Å². The number of H-pyrrole nitrogens is 1. The Labute approximate surface area is 94.9 Å². The van der Waals surface area contributed by atoms with Crippen molar-refractivity contribution in [2.24, 2.45) is 0 Å². The zero-order chi connectivity index (χ0) is 11.4. The van der Waals surface area contributed by atoms with Crippen molar-refractivity contribution in [2.75, 3.05) is 7.05 Å². The molecule has 0 fully saturated rings. The van der Waals surface area contributed by atoms with Gasteiger partial charge in [-0.1, -0.05) is 18.2 Å². The molecule has 3 nitrogen and oxygen atoms in total. The number of carbonyl (C=O) groups excluding carboxylic acids is 1. The lowest BCUT2D eigenvalue weighted by atomic mass is 10.1. The van der Waals surface area contributed by atoms with Gasteiger partial charge >= 0.3 is 0 Å². The Hall–Kier alpha value is -1.77. The second-order valence-corrected chi connectivity index (χ2v) is 3.89. The molecule has 3 heteroatoms. The fourth-order valence-corrected chi connectivity index (χ4v) is 1.90. The zero-order valence-corrected chi connectivity index (χ0v) is 9.42. The van der Waals surface area contributed by atoms with Gasteiger partial charge in [-0.05, 0) is 24.5 Å². The predicted octanol–water partition coefficient (Wildman–Crippen LogP) is 2.24. The molecule has 1 aromatic carbocycles. The van der Waals surface area contributed by atoms with Crippen molar-refractivity contribution in [3.8, 4) is 0 Å². The summed E-state index contributed by atoms with van der Waals surface area (Å²) in [6.45, 7) is 0. The smallest absolute Gasteiger partial charge is 0.219 e. The summed E-state index contributed by atoms with van der Waals surface area (Å²) in [5.74, 6) is 0.111. The fourth-order valence-electron chi connectivity index (χ4n) is 1.90. The molecule has 2 rings (SSSR count). The molecule has 0 aliphatic rings. The van der Waals surface area contributed by atoms with Gasteiger partial charge in [-0.3, -0.25) is 4.79 Å². The number of para-hydroxylation sites is 1. The highest BCUT2D eigenvalue weighted by Gasteiger charge is 2.03. The number of hydrogen-bond donors (Lipinski definition) is 2. The van der Waals surface area contributed by atoms with Crippen LogP contribution in [0, 0.1) is 0 Å². The van der Waals surface area contributed by atoms with Crippen LogP contribution in [-0.2, 0) is 11.2 Å². The van der Waals surface area contributed by atoms with Crippen LogP contribution in [0.15, 0.2) is 30.5 Å². The Bertz CT molecular complexity index is 487. The molecule has 1 aromatic heterocycles. The molecule has 2 N–H and O–H groups in total. The summed E-state index contributed by atoms with van der Waals surface area (Å²) in [6, 6.07) is 8.24. The van der Waals surface area contributed by atoms with Crippen molar-refractivity contribution < 1.29 is 4.79 Å². The molecule has 1 heterocycles. The number of aromatic amines is 1. The fraction of sp³-hybridized carbons (Fsp3) is 0.308. The molecule has 0 unspecified atom stereocenters. The lowest BCUT2D eigenvalue weighted by Gasteiger charge is -1.99. The van der Waals surface area contributed by atoms with Gasteiger partial charge in [-0.2, -0.15) is 0 Å².